The number of aromatic nitrogens is 1. The zero-order chi connectivity index (χ0) is 22.4. The highest BCUT2D eigenvalue weighted by molar-refractivity contribution is 14.0. The SMILES string of the molecule is CCNC(=NCC1(c2ccccc2C)CCOCC1)NC1CCN(c2ncccc2F)C1.I. The summed E-state index contributed by atoms with van der Waals surface area (Å²) in [5.74, 6) is 0.980. The van der Waals surface area contributed by atoms with Crippen LogP contribution in [0.4, 0.5) is 10.2 Å². The van der Waals surface area contributed by atoms with Crippen molar-refractivity contribution in [1.82, 2.24) is 15.6 Å². The average Bonchev–Trinajstić information content (AvgIpc) is 3.27. The molecule has 2 N–H and O–H groups in total. The van der Waals surface area contributed by atoms with Crippen LogP contribution in [0.5, 0.6) is 0 Å². The Balaban J connectivity index is 0.00000306. The zero-order valence-corrected chi connectivity index (χ0v) is 21.8. The van der Waals surface area contributed by atoms with Crippen LogP contribution >= 0.6 is 24.0 Å². The summed E-state index contributed by atoms with van der Waals surface area (Å²) in [6.45, 7) is 8.77. The van der Waals surface area contributed by atoms with Crippen LogP contribution in [-0.4, -0.2) is 56.4 Å². The van der Waals surface area contributed by atoms with E-state index in [0.29, 0.717) is 18.9 Å². The number of nitrogens with one attached hydrogen (secondary N) is 2. The first-order chi connectivity index (χ1) is 15.6. The number of hydrogen-bond donors (Lipinski definition) is 2. The lowest BCUT2D eigenvalue weighted by Gasteiger charge is -2.37. The maximum Gasteiger partial charge on any atom is 0.191 e. The number of rotatable bonds is 6. The molecule has 1 atom stereocenters. The molecule has 1 aromatic heterocycles. The molecule has 0 saturated carbocycles. The monoisotopic (exact) mass is 567 g/mol. The fourth-order valence-electron chi connectivity index (χ4n) is 4.87. The Morgan fingerprint density at radius 3 is 2.76 bits per heavy atom. The van der Waals surface area contributed by atoms with E-state index in [1.165, 1.54) is 17.2 Å². The third kappa shape index (κ3) is 6.15. The molecule has 2 aliphatic heterocycles. The van der Waals surface area contributed by atoms with Gasteiger partial charge in [-0.25, -0.2) is 9.37 Å². The van der Waals surface area contributed by atoms with Gasteiger partial charge in [-0.2, -0.15) is 0 Å². The number of benzene rings is 1. The predicted octanol–water partition coefficient (Wildman–Crippen LogP) is 4.03. The summed E-state index contributed by atoms with van der Waals surface area (Å²) < 4.78 is 19.8. The molecule has 1 unspecified atom stereocenters. The van der Waals surface area contributed by atoms with Gasteiger partial charge in [-0.05, 0) is 56.4 Å². The molecule has 2 fully saturated rings. The first kappa shape index (κ1) is 25.7. The number of aliphatic imine (C=N–C) groups is 1. The van der Waals surface area contributed by atoms with E-state index in [2.05, 4.69) is 53.7 Å². The summed E-state index contributed by atoms with van der Waals surface area (Å²) in [6.07, 6.45) is 4.49. The van der Waals surface area contributed by atoms with Gasteiger partial charge in [-0.15, -0.1) is 24.0 Å². The maximum absolute atomic E-state index is 14.1. The van der Waals surface area contributed by atoms with Gasteiger partial charge in [0, 0.05) is 50.5 Å². The van der Waals surface area contributed by atoms with Gasteiger partial charge in [0.1, 0.15) is 0 Å². The van der Waals surface area contributed by atoms with Crippen molar-refractivity contribution < 1.29 is 9.13 Å². The summed E-state index contributed by atoms with van der Waals surface area (Å²) in [6, 6.07) is 11.9. The summed E-state index contributed by atoms with van der Waals surface area (Å²) in [7, 11) is 0. The molecule has 2 saturated heterocycles. The number of hydrogen-bond acceptors (Lipinski definition) is 4. The van der Waals surface area contributed by atoms with E-state index in [0.717, 1.165) is 51.5 Å². The summed E-state index contributed by atoms with van der Waals surface area (Å²) in [5.41, 5.74) is 2.68. The molecule has 33 heavy (non-hydrogen) atoms. The average molecular weight is 567 g/mol. The molecular weight excluding hydrogens is 532 g/mol. The molecule has 180 valence electrons. The standard InChI is InChI=1S/C25H34FN5O.HI/c1-3-27-24(30-20-10-14-31(17-20)23-22(26)9-6-13-28-23)29-18-25(11-15-32-16-12-25)21-8-5-4-7-19(21)2;/h4-9,13,20H,3,10-12,14-18H2,1-2H3,(H2,27,29,30);1H. The lowest BCUT2D eigenvalue weighted by atomic mass is 9.72. The van der Waals surface area contributed by atoms with Crippen LogP contribution in [0.3, 0.4) is 0 Å². The van der Waals surface area contributed by atoms with Crippen molar-refractivity contribution in [3.63, 3.8) is 0 Å². The second-order valence-electron chi connectivity index (χ2n) is 8.79. The Morgan fingerprint density at radius 2 is 2.03 bits per heavy atom. The van der Waals surface area contributed by atoms with Crippen LogP contribution in [0.1, 0.15) is 37.3 Å². The van der Waals surface area contributed by atoms with Crippen LogP contribution in [0.2, 0.25) is 0 Å². The minimum atomic E-state index is -0.270. The molecule has 2 aromatic rings. The number of halogens is 2. The molecule has 6 nitrogen and oxygen atoms in total. The quantitative estimate of drug-likeness (QED) is 0.314. The minimum Gasteiger partial charge on any atom is -0.381 e. The van der Waals surface area contributed by atoms with E-state index in [4.69, 9.17) is 9.73 Å². The second kappa shape index (κ2) is 12.0. The van der Waals surface area contributed by atoms with Crippen molar-refractivity contribution in [1.29, 1.82) is 0 Å². The number of aryl methyl sites for hydroxylation is 1. The van der Waals surface area contributed by atoms with Crippen LogP contribution in [0.25, 0.3) is 0 Å². The van der Waals surface area contributed by atoms with E-state index in [1.807, 2.05) is 4.90 Å². The fraction of sp³-hybridized carbons (Fsp3) is 0.520. The number of pyridine rings is 1. The first-order valence-electron chi connectivity index (χ1n) is 11.7. The van der Waals surface area contributed by atoms with Crippen LogP contribution in [-0.2, 0) is 10.2 Å². The van der Waals surface area contributed by atoms with E-state index in [1.54, 1.807) is 12.3 Å². The lowest BCUT2D eigenvalue weighted by molar-refractivity contribution is 0.0529. The Labute approximate surface area is 213 Å². The largest absolute Gasteiger partial charge is 0.381 e. The second-order valence-corrected chi connectivity index (χ2v) is 8.79. The van der Waals surface area contributed by atoms with Gasteiger partial charge in [0.2, 0.25) is 0 Å². The van der Waals surface area contributed by atoms with Crippen LogP contribution in [0.15, 0.2) is 47.6 Å². The number of ether oxygens (including phenoxy) is 1. The molecule has 0 amide bonds. The topological polar surface area (TPSA) is 61.8 Å². The highest BCUT2D eigenvalue weighted by Crippen LogP contribution is 2.37. The molecule has 0 spiro atoms. The predicted molar refractivity (Wildman–Crippen MR) is 142 cm³/mol. The molecule has 0 aliphatic carbocycles. The first-order valence-corrected chi connectivity index (χ1v) is 11.7. The highest BCUT2D eigenvalue weighted by atomic mass is 127. The minimum absolute atomic E-state index is 0. The van der Waals surface area contributed by atoms with Crippen LogP contribution in [0, 0.1) is 12.7 Å². The van der Waals surface area contributed by atoms with Gasteiger partial charge in [-0.1, -0.05) is 24.3 Å². The maximum atomic E-state index is 14.1. The molecule has 0 radical (unpaired) electrons. The molecular formula is C25H35FIN5O. The number of nitrogens with zero attached hydrogens (tertiary/aromatic N) is 3. The number of guanidine groups is 1. The summed E-state index contributed by atoms with van der Waals surface area (Å²) in [4.78, 5) is 11.3. The van der Waals surface area contributed by atoms with Crippen molar-refractivity contribution in [2.45, 2.75) is 44.6 Å². The zero-order valence-electron chi connectivity index (χ0n) is 19.5. The molecule has 1 aromatic carbocycles. The van der Waals surface area contributed by atoms with Crippen molar-refractivity contribution >= 4 is 35.8 Å². The van der Waals surface area contributed by atoms with Crippen molar-refractivity contribution in [3.05, 3.63) is 59.5 Å². The summed E-state index contributed by atoms with van der Waals surface area (Å²) in [5, 5.41) is 6.97. The molecule has 2 aliphatic rings. The summed E-state index contributed by atoms with van der Waals surface area (Å²) >= 11 is 0. The molecule has 0 bridgehead atoms. The van der Waals surface area contributed by atoms with Gasteiger partial charge in [-0.3, -0.25) is 4.99 Å². The van der Waals surface area contributed by atoms with Gasteiger partial charge in [0.05, 0.1) is 6.54 Å². The molecule has 8 heteroatoms. The van der Waals surface area contributed by atoms with Crippen molar-refractivity contribution in [2.75, 3.05) is 44.3 Å². The van der Waals surface area contributed by atoms with Gasteiger partial charge in [0.15, 0.2) is 17.6 Å². The Morgan fingerprint density at radius 1 is 1.24 bits per heavy atom. The number of anilines is 1. The Kier molecular flexibility index (Phi) is 9.31. The fourth-order valence-corrected chi connectivity index (χ4v) is 4.87. The smallest absolute Gasteiger partial charge is 0.191 e. The lowest BCUT2D eigenvalue weighted by Crippen LogP contribution is -2.46. The molecule has 3 heterocycles. The van der Waals surface area contributed by atoms with Gasteiger partial charge < -0.3 is 20.3 Å². The Hall–Kier alpha value is -1.94. The van der Waals surface area contributed by atoms with E-state index >= 15 is 0 Å². The molecule has 4 rings (SSSR count). The Bertz CT molecular complexity index is 935. The van der Waals surface area contributed by atoms with Crippen LogP contribution < -0.4 is 15.5 Å². The van der Waals surface area contributed by atoms with Crippen molar-refractivity contribution in [2.24, 2.45) is 4.99 Å². The third-order valence-electron chi connectivity index (χ3n) is 6.62. The third-order valence-corrected chi connectivity index (χ3v) is 6.62. The van der Waals surface area contributed by atoms with E-state index in [-0.39, 0.29) is 41.3 Å². The van der Waals surface area contributed by atoms with E-state index < -0.39 is 0 Å². The van der Waals surface area contributed by atoms with E-state index in [9.17, 15) is 4.39 Å². The normalized spacial score (nSPS) is 20.3. The van der Waals surface area contributed by atoms with Gasteiger partial charge >= 0.3 is 0 Å². The van der Waals surface area contributed by atoms with Crippen molar-refractivity contribution in [3.8, 4) is 0 Å². The highest BCUT2D eigenvalue weighted by Gasteiger charge is 2.35. The van der Waals surface area contributed by atoms with Gasteiger partial charge in [0.25, 0.3) is 0 Å².